The summed E-state index contributed by atoms with van der Waals surface area (Å²) in [5.41, 5.74) is 1.25. The summed E-state index contributed by atoms with van der Waals surface area (Å²) in [6.07, 6.45) is 2.06. The van der Waals surface area contributed by atoms with Crippen LogP contribution in [0.2, 0.25) is 0 Å². The molecule has 1 saturated heterocycles. The van der Waals surface area contributed by atoms with E-state index in [4.69, 9.17) is 10.4 Å². The number of carboxylic acid groups (broad SMARTS) is 1. The predicted octanol–water partition coefficient (Wildman–Crippen LogP) is 0.618. The Balaban J connectivity index is 2.07. The van der Waals surface area contributed by atoms with Gasteiger partial charge in [-0.25, -0.2) is 4.79 Å². The maximum Gasteiger partial charge on any atom is 0.326 e. The van der Waals surface area contributed by atoms with Gasteiger partial charge in [0.15, 0.2) is 0 Å². The van der Waals surface area contributed by atoms with Crippen LogP contribution in [0.5, 0.6) is 0 Å². The largest absolute Gasteiger partial charge is 0.480 e. The quantitative estimate of drug-likeness (QED) is 0.793. The molecule has 0 aromatic heterocycles. The van der Waals surface area contributed by atoms with E-state index < -0.39 is 24.0 Å². The van der Waals surface area contributed by atoms with Crippen molar-refractivity contribution in [2.45, 2.75) is 18.6 Å². The Labute approximate surface area is 121 Å². The third-order valence-corrected chi connectivity index (χ3v) is 3.31. The summed E-state index contributed by atoms with van der Waals surface area (Å²) in [7, 11) is 0. The molecule has 2 rings (SSSR count). The van der Waals surface area contributed by atoms with Crippen LogP contribution in [-0.2, 0) is 9.59 Å². The first-order valence-electron chi connectivity index (χ1n) is 6.41. The van der Waals surface area contributed by atoms with Gasteiger partial charge in [0.05, 0.1) is 17.7 Å². The van der Waals surface area contributed by atoms with E-state index in [2.05, 4.69) is 0 Å². The highest BCUT2D eigenvalue weighted by molar-refractivity contribution is 5.94. The summed E-state index contributed by atoms with van der Waals surface area (Å²) in [5.74, 6) is -1.57. The van der Waals surface area contributed by atoms with E-state index >= 15 is 0 Å². The lowest BCUT2D eigenvalue weighted by atomic mass is 10.1. The number of likely N-dealkylation sites (tertiary alicyclic amines) is 1. The summed E-state index contributed by atoms with van der Waals surface area (Å²) >= 11 is 0. The van der Waals surface area contributed by atoms with Crippen LogP contribution in [0.4, 0.5) is 0 Å². The van der Waals surface area contributed by atoms with Crippen LogP contribution in [-0.4, -0.2) is 45.7 Å². The lowest BCUT2D eigenvalue weighted by Gasteiger charge is -2.19. The minimum atomic E-state index is -1.12. The van der Waals surface area contributed by atoms with E-state index in [1.54, 1.807) is 30.3 Å². The minimum absolute atomic E-state index is 0.0213. The van der Waals surface area contributed by atoms with Gasteiger partial charge in [0, 0.05) is 19.0 Å². The van der Waals surface area contributed by atoms with Crippen LogP contribution in [0.3, 0.4) is 0 Å². The van der Waals surface area contributed by atoms with Gasteiger partial charge in [-0.2, -0.15) is 5.26 Å². The zero-order valence-corrected chi connectivity index (χ0v) is 11.1. The number of carbonyl (C=O) groups is 2. The van der Waals surface area contributed by atoms with Crippen molar-refractivity contribution >= 4 is 18.0 Å². The van der Waals surface area contributed by atoms with E-state index in [0.717, 1.165) is 10.5 Å². The first kappa shape index (κ1) is 14.8. The Hall–Kier alpha value is -2.65. The second-order valence-corrected chi connectivity index (χ2v) is 4.80. The van der Waals surface area contributed by atoms with E-state index in [9.17, 15) is 14.7 Å². The molecule has 0 aliphatic carbocycles. The average Bonchev–Trinajstić information content (AvgIpc) is 2.87. The van der Waals surface area contributed by atoms with Crippen LogP contribution >= 0.6 is 0 Å². The Kier molecular flexibility index (Phi) is 4.36. The molecule has 1 heterocycles. The number of amides is 1. The highest BCUT2D eigenvalue weighted by atomic mass is 16.4. The normalized spacial score (nSPS) is 21.4. The summed E-state index contributed by atoms with van der Waals surface area (Å²) in [5, 5.41) is 27.2. The Bertz CT molecular complexity index is 616. The number of aliphatic carboxylic acids is 1. The zero-order valence-electron chi connectivity index (χ0n) is 11.1. The van der Waals surface area contributed by atoms with E-state index in [0.29, 0.717) is 5.56 Å². The first-order valence-corrected chi connectivity index (χ1v) is 6.41. The van der Waals surface area contributed by atoms with Gasteiger partial charge in [0.2, 0.25) is 5.91 Å². The molecule has 1 aliphatic heterocycles. The number of hydrogen-bond acceptors (Lipinski definition) is 4. The first-order chi connectivity index (χ1) is 10.0. The van der Waals surface area contributed by atoms with E-state index in [1.807, 2.05) is 6.07 Å². The van der Waals surface area contributed by atoms with Crippen molar-refractivity contribution in [1.29, 1.82) is 5.26 Å². The predicted molar refractivity (Wildman–Crippen MR) is 74.0 cm³/mol. The second kappa shape index (κ2) is 6.20. The third-order valence-electron chi connectivity index (χ3n) is 3.31. The van der Waals surface area contributed by atoms with Crippen molar-refractivity contribution < 1.29 is 19.8 Å². The van der Waals surface area contributed by atoms with Gasteiger partial charge in [0.1, 0.15) is 6.04 Å². The molecule has 21 heavy (non-hydrogen) atoms. The molecule has 0 unspecified atom stereocenters. The SMILES string of the molecule is N#Cc1ccc(C=CC(=O)N2C[C@@H](O)C[C@H]2C(=O)O)cc1. The molecular weight excluding hydrogens is 272 g/mol. The monoisotopic (exact) mass is 286 g/mol. The van der Waals surface area contributed by atoms with Crippen molar-refractivity contribution in [3.05, 3.63) is 41.5 Å². The zero-order chi connectivity index (χ0) is 15.4. The molecule has 1 amide bonds. The van der Waals surface area contributed by atoms with E-state index in [1.165, 1.54) is 6.08 Å². The fraction of sp³-hybridized carbons (Fsp3) is 0.267. The van der Waals surface area contributed by atoms with Crippen LogP contribution in [0, 0.1) is 11.3 Å². The molecule has 6 heteroatoms. The second-order valence-electron chi connectivity index (χ2n) is 4.80. The fourth-order valence-corrected chi connectivity index (χ4v) is 2.22. The molecule has 1 aromatic rings. The number of benzene rings is 1. The maximum atomic E-state index is 12.0. The number of rotatable bonds is 3. The molecule has 2 N–H and O–H groups in total. The highest BCUT2D eigenvalue weighted by Crippen LogP contribution is 2.19. The van der Waals surface area contributed by atoms with Gasteiger partial charge >= 0.3 is 5.97 Å². The fourth-order valence-electron chi connectivity index (χ4n) is 2.22. The number of carbonyl (C=O) groups excluding carboxylic acids is 1. The summed E-state index contributed by atoms with van der Waals surface area (Å²) in [6.45, 7) is 0.0213. The van der Waals surface area contributed by atoms with Gasteiger partial charge in [0.25, 0.3) is 0 Å². The van der Waals surface area contributed by atoms with Crippen molar-refractivity contribution in [2.75, 3.05) is 6.54 Å². The number of aliphatic hydroxyl groups is 1. The van der Waals surface area contributed by atoms with Crippen molar-refractivity contribution in [3.63, 3.8) is 0 Å². The number of β-amino-alcohol motifs (C(OH)–C–C–N with tert-alkyl or cyclic N) is 1. The molecule has 2 atom stereocenters. The van der Waals surface area contributed by atoms with Gasteiger partial charge < -0.3 is 15.1 Å². The van der Waals surface area contributed by atoms with Gasteiger partial charge in [-0.1, -0.05) is 12.1 Å². The average molecular weight is 286 g/mol. The highest BCUT2D eigenvalue weighted by Gasteiger charge is 2.37. The van der Waals surface area contributed by atoms with Crippen LogP contribution < -0.4 is 0 Å². The molecule has 0 saturated carbocycles. The number of hydrogen-bond donors (Lipinski definition) is 2. The van der Waals surface area contributed by atoms with Gasteiger partial charge in [-0.15, -0.1) is 0 Å². The molecule has 0 bridgehead atoms. The lowest BCUT2D eigenvalue weighted by Crippen LogP contribution is -2.39. The maximum absolute atomic E-state index is 12.0. The summed E-state index contributed by atoms with van der Waals surface area (Å²) in [6, 6.07) is 7.64. The number of aliphatic hydroxyl groups excluding tert-OH is 1. The topological polar surface area (TPSA) is 102 Å². The minimum Gasteiger partial charge on any atom is -0.480 e. The standard InChI is InChI=1S/C15H14N2O4/c16-8-11-3-1-10(2-4-11)5-6-14(19)17-9-12(18)7-13(17)15(20)21/h1-6,12-13,18H,7,9H2,(H,20,21)/t12-,13-/m0/s1. The molecule has 6 nitrogen and oxygen atoms in total. The van der Waals surface area contributed by atoms with Crippen molar-refractivity contribution in [2.24, 2.45) is 0 Å². The molecule has 0 spiro atoms. The van der Waals surface area contributed by atoms with Crippen LogP contribution in [0.15, 0.2) is 30.3 Å². The summed E-state index contributed by atoms with van der Waals surface area (Å²) < 4.78 is 0. The summed E-state index contributed by atoms with van der Waals surface area (Å²) in [4.78, 5) is 24.2. The molecular formula is C15H14N2O4. The molecule has 1 fully saturated rings. The smallest absolute Gasteiger partial charge is 0.326 e. The van der Waals surface area contributed by atoms with Gasteiger partial charge in [-0.05, 0) is 23.8 Å². The van der Waals surface area contributed by atoms with Crippen molar-refractivity contribution in [3.8, 4) is 6.07 Å². The van der Waals surface area contributed by atoms with Crippen LogP contribution in [0.25, 0.3) is 6.08 Å². The third kappa shape index (κ3) is 3.46. The number of nitrogens with zero attached hydrogens (tertiary/aromatic N) is 2. The van der Waals surface area contributed by atoms with Crippen LogP contribution in [0.1, 0.15) is 17.5 Å². The molecule has 0 radical (unpaired) electrons. The molecule has 1 aromatic carbocycles. The van der Waals surface area contributed by atoms with Gasteiger partial charge in [-0.3, -0.25) is 4.79 Å². The molecule has 1 aliphatic rings. The van der Waals surface area contributed by atoms with Crippen molar-refractivity contribution in [1.82, 2.24) is 4.90 Å². The Morgan fingerprint density at radius 1 is 1.33 bits per heavy atom. The number of nitriles is 1. The Morgan fingerprint density at radius 2 is 2.00 bits per heavy atom. The number of carboxylic acids is 1. The lowest BCUT2D eigenvalue weighted by molar-refractivity contribution is -0.146. The molecule has 108 valence electrons. The Morgan fingerprint density at radius 3 is 2.57 bits per heavy atom. The van der Waals surface area contributed by atoms with E-state index in [-0.39, 0.29) is 13.0 Å².